The number of nitrogens with one attached hydrogen (secondary N) is 1. The number of aromatic nitrogens is 1. The number of anilines is 1. The van der Waals surface area contributed by atoms with Crippen LogP contribution < -0.4 is 5.32 Å². The van der Waals surface area contributed by atoms with Gasteiger partial charge in [-0.1, -0.05) is 44.2 Å². The molecule has 0 aliphatic carbocycles. The first kappa shape index (κ1) is 19.2. The normalized spacial score (nSPS) is 12.4. The molecule has 0 aliphatic heterocycles. The van der Waals surface area contributed by atoms with E-state index < -0.39 is 0 Å². The van der Waals surface area contributed by atoms with E-state index in [1.165, 1.54) is 0 Å². The van der Waals surface area contributed by atoms with E-state index in [0.717, 1.165) is 48.7 Å². The van der Waals surface area contributed by atoms with E-state index in [1.54, 1.807) is 0 Å². The van der Waals surface area contributed by atoms with Gasteiger partial charge in [-0.25, -0.2) is 4.98 Å². The molecule has 0 aliphatic rings. The summed E-state index contributed by atoms with van der Waals surface area (Å²) in [5.74, 6) is 0.846. The molecule has 2 rings (SSSR count). The second-order valence-corrected chi connectivity index (χ2v) is 5.76. The Bertz CT molecular complexity index is 705. The molecule has 25 heavy (non-hydrogen) atoms. The van der Waals surface area contributed by atoms with Crippen molar-refractivity contribution in [2.24, 2.45) is 0 Å². The van der Waals surface area contributed by atoms with E-state index in [9.17, 15) is 0 Å². The predicted octanol–water partition coefficient (Wildman–Crippen LogP) is 4.47. The number of hydrogen-bond acceptors (Lipinski definition) is 4. The van der Waals surface area contributed by atoms with E-state index in [-0.39, 0.29) is 0 Å². The Morgan fingerprint density at radius 1 is 1.16 bits per heavy atom. The van der Waals surface area contributed by atoms with Crippen LogP contribution in [0.25, 0.3) is 10.9 Å². The number of allylic oxidation sites excluding steroid dienone is 2. The molecule has 0 amide bonds. The van der Waals surface area contributed by atoms with E-state index in [2.05, 4.69) is 41.2 Å². The van der Waals surface area contributed by atoms with Crippen LogP contribution in [-0.2, 0) is 4.74 Å². The third kappa shape index (κ3) is 6.33. The van der Waals surface area contributed by atoms with Gasteiger partial charge >= 0.3 is 0 Å². The predicted molar refractivity (Wildman–Crippen MR) is 107 cm³/mol. The lowest BCUT2D eigenvalue weighted by Crippen LogP contribution is -2.27. The molecule has 0 saturated heterocycles. The maximum atomic E-state index is 5.67. The zero-order valence-corrected chi connectivity index (χ0v) is 15.5. The lowest BCUT2D eigenvalue weighted by molar-refractivity contribution is 0.128. The van der Waals surface area contributed by atoms with Crippen LogP contribution in [0.1, 0.15) is 20.8 Å². The van der Waals surface area contributed by atoms with Crippen LogP contribution in [0.2, 0.25) is 0 Å². The summed E-state index contributed by atoms with van der Waals surface area (Å²) in [6.07, 6.45) is 6.10. The van der Waals surface area contributed by atoms with Gasteiger partial charge in [0.2, 0.25) is 0 Å². The molecule has 1 aromatic carbocycles. The maximum Gasteiger partial charge on any atom is 0.131 e. The largest absolute Gasteiger partial charge is 0.376 e. The highest BCUT2D eigenvalue weighted by molar-refractivity contribution is 5.80. The highest BCUT2D eigenvalue weighted by Crippen LogP contribution is 2.16. The first-order valence-electron chi connectivity index (χ1n) is 9.02. The Labute approximate surface area is 151 Å². The van der Waals surface area contributed by atoms with Crippen LogP contribution in [0.15, 0.2) is 60.3 Å². The Kier molecular flexibility index (Phi) is 8.16. The van der Waals surface area contributed by atoms with Crippen molar-refractivity contribution in [1.29, 1.82) is 0 Å². The number of fused-ring (bicyclic) bond motifs is 1. The number of likely N-dealkylation sites (N-methyl/N-ethyl adjacent to an activating group) is 1. The summed E-state index contributed by atoms with van der Waals surface area (Å²) >= 11 is 0. The molecule has 0 unspecified atom stereocenters. The zero-order valence-electron chi connectivity index (χ0n) is 15.5. The minimum Gasteiger partial charge on any atom is -0.376 e. The molecule has 4 nitrogen and oxygen atoms in total. The van der Waals surface area contributed by atoms with Crippen LogP contribution in [0.4, 0.5) is 5.82 Å². The third-order valence-corrected chi connectivity index (χ3v) is 4.14. The van der Waals surface area contributed by atoms with Crippen LogP contribution in [0, 0.1) is 0 Å². The summed E-state index contributed by atoms with van der Waals surface area (Å²) in [6, 6.07) is 12.2. The quantitative estimate of drug-likeness (QED) is 0.512. The van der Waals surface area contributed by atoms with Crippen LogP contribution >= 0.6 is 0 Å². The Hall–Kier alpha value is -2.17. The van der Waals surface area contributed by atoms with Crippen LogP contribution in [0.3, 0.4) is 0 Å². The lowest BCUT2D eigenvalue weighted by Gasteiger charge is -2.17. The zero-order chi connectivity index (χ0) is 17.9. The summed E-state index contributed by atoms with van der Waals surface area (Å²) in [5.41, 5.74) is 2.00. The van der Waals surface area contributed by atoms with Crippen molar-refractivity contribution in [2.75, 3.05) is 38.2 Å². The summed E-state index contributed by atoms with van der Waals surface area (Å²) in [5, 5.41) is 4.49. The second-order valence-electron chi connectivity index (χ2n) is 5.76. The standard InChI is InChI=1S/C21H29N3O/c1-4-19(11-9-16-25-17-15-24(5-2)6-3)22-21-14-13-18-10-7-8-12-20(18)23-21/h4,7-14H,5-6,15-17H2,1-3H3,(H,22,23)/b11-9-,19-4+. The molecule has 1 heterocycles. The molecule has 134 valence electrons. The fourth-order valence-corrected chi connectivity index (χ4v) is 2.55. The molecule has 0 radical (unpaired) electrons. The van der Waals surface area contributed by atoms with Gasteiger partial charge in [0.05, 0.1) is 18.7 Å². The molecule has 0 spiro atoms. The highest BCUT2D eigenvalue weighted by atomic mass is 16.5. The summed E-state index contributed by atoms with van der Waals surface area (Å²) < 4.78 is 5.67. The second kappa shape index (κ2) is 10.6. The smallest absolute Gasteiger partial charge is 0.131 e. The number of hydrogen-bond donors (Lipinski definition) is 1. The van der Waals surface area contributed by atoms with Crippen molar-refractivity contribution < 1.29 is 4.74 Å². The van der Waals surface area contributed by atoms with Gasteiger partial charge in [-0.3, -0.25) is 0 Å². The van der Waals surface area contributed by atoms with Gasteiger partial charge in [-0.05, 0) is 44.3 Å². The highest BCUT2D eigenvalue weighted by Gasteiger charge is 1.99. The first-order valence-corrected chi connectivity index (χ1v) is 9.02. The summed E-state index contributed by atoms with van der Waals surface area (Å²) in [7, 11) is 0. The average Bonchev–Trinajstić information content (AvgIpc) is 2.66. The molecule has 0 saturated carbocycles. The number of ether oxygens (including phenoxy) is 1. The fraction of sp³-hybridized carbons (Fsp3) is 0.381. The summed E-state index contributed by atoms with van der Waals surface area (Å²) in [6.45, 7) is 10.9. The average molecular weight is 339 g/mol. The Balaban J connectivity index is 1.81. The molecule has 0 bridgehead atoms. The van der Waals surface area contributed by atoms with E-state index in [1.807, 2.05) is 49.4 Å². The first-order chi connectivity index (χ1) is 12.3. The van der Waals surface area contributed by atoms with E-state index >= 15 is 0 Å². The third-order valence-electron chi connectivity index (χ3n) is 4.14. The molecular formula is C21H29N3O. The van der Waals surface area contributed by atoms with Gasteiger partial charge in [0, 0.05) is 17.6 Å². The van der Waals surface area contributed by atoms with Crippen molar-refractivity contribution >= 4 is 16.7 Å². The van der Waals surface area contributed by atoms with Crippen molar-refractivity contribution in [3.8, 4) is 0 Å². The van der Waals surface area contributed by atoms with Gasteiger partial charge < -0.3 is 15.0 Å². The molecular weight excluding hydrogens is 310 g/mol. The van der Waals surface area contributed by atoms with Crippen molar-refractivity contribution in [3.63, 3.8) is 0 Å². The summed E-state index contributed by atoms with van der Waals surface area (Å²) in [4.78, 5) is 6.99. The number of nitrogens with zero attached hydrogens (tertiary/aromatic N) is 2. The molecule has 1 N–H and O–H groups in total. The Morgan fingerprint density at radius 2 is 1.96 bits per heavy atom. The fourth-order valence-electron chi connectivity index (χ4n) is 2.55. The van der Waals surface area contributed by atoms with Crippen LogP contribution in [-0.4, -0.2) is 42.7 Å². The topological polar surface area (TPSA) is 37.4 Å². The molecule has 1 aromatic heterocycles. The number of benzene rings is 1. The minimum absolute atomic E-state index is 0.617. The molecule has 0 atom stereocenters. The van der Waals surface area contributed by atoms with Gasteiger partial charge in [0.15, 0.2) is 0 Å². The van der Waals surface area contributed by atoms with Crippen molar-refractivity contribution in [2.45, 2.75) is 20.8 Å². The molecule has 0 fully saturated rings. The van der Waals surface area contributed by atoms with Gasteiger partial charge in [-0.2, -0.15) is 0 Å². The SMILES string of the molecule is C/C=C(\C=C/COCCN(CC)CC)Nc1ccc2ccccc2n1. The Morgan fingerprint density at radius 3 is 2.72 bits per heavy atom. The molecule has 4 heteroatoms. The van der Waals surface area contributed by atoms with Gasteiger partial charge in [0.25, 0.3) is 0 Å². The number of pyridine rings is 1. The minimum atomic E-state index is 0.617. The maximum absolute atomic E-state index is 5.67. The van der Waals surface area contributed by atoms with Gasteiger partial charge in [0.1, 0.15) is 5.82 Å². The van der Waals surface area contributed by atoms with Crippen LogP contribution in [0.5, 0.6) is 0 Å². The monoisotopic (exact) mass is 339 g/mol. The lowest BCUT2D eigenvalue weighted by atomic mass is 10.2. The van der Waals surface area contributed by atoms with Crippen molar-refractivity contribution in [3.05, 3.63) is 60.3 Å². The molecule has 2 aromatic rings. The number of rotatable bonds is 10. The van der Waals surface area contributed by atoms with Gasteiger partial charge in [-0.15, -0.1) is 0 Å². The number of para-hydroxylation sites is 1. The van der Waals surface area contributed by atoms with E-state index in [4.69, 9.17) is 4.74 Å². The van der Waals surface area contributed by atoms with Crippen molar-refractivity contribution in [1.82, 2.24) is 9.88 Å². The van der Waals surface area contributed by atoms with E-state index in [0.29, 0.717) is 6.61 Å².